The maximum Gasteiger partial charge on any atom is 0.224 e. The van der Waals surface area contributed by atoms with Gasteiger partial charge in [-0.1, -0.05) is 67.0 Å². The number of nitriles is 1. The Labute approximate surface area is 241 Å². The number of carbonyl (C=O) groups excluding carboxylic acids is 1. The van der Waals surface area contributed by atoms with Gasteiger partial charge in [-0.15, -0.1) is 0 Å². The van der Waals surface area contributed by atoms with Crippen LogP contribution in [0.4, 0.5) is 0 Å². The van der Waals surface area contributed by atoms with Crippen molar-refractivity contribution in [3.8, 4) is 17.2 Å². The molecule has 1 aliphatic carbocycles. The molecule has 0 unspecified atom stereocenters. The van der Waals surface area contributed by atoms with Crippen LogP contribution in [0.3, 0.4) is 0 Å². The fourth-order valence-corrected chi connectivity index (χ4v) is 6.40. The molecule has 1 aliphatic heterocycles. The molecule has 2 aromatic rings. The summed E-state index contributed by atoms with van der Waals surface area (Å²) >= 11 is 0. The number of amides is 1. The molecule has 4 nitrogen and oxygen atoms in total. The Kier molecular flexibility index (Phi) is 10.2. The molecule has 40 heavy (non-hydrogen) atoms. The van der Waals surface area contributed by atoms with Crippen molar-refractivity contribution in [2.45, 2.75) is 90.5 Å². The van der Waals surface area contributed by atoms with Crippen LogP contribution in [0, 0.1) is 11.3 Å². The van der Waals surface area contributed by atoms with Crippen molar-refractivity contribution in [3.63, 3.8) is 0 Å². The van der Waals surface area contributed by atoms with Gasteiger partial charge in [0.25, 0.3) is 0 Å². The lowest BCUT2D eigenvalue weighted by atomic mass is 9.69. The van der Waals surface area contributed by atoms with E-state index in [-0.39, 0.29) is 11.3 Å². The van der Waals surface area contributed by atoms with Crippen molar-refractivity contribution in [2.75, 3.05) is 13.1 Å². The standard InChI is InChI=1S/C36H45N3O/c1-5-27(3)28(4)24-33(6-2)38-35(40)18-19-36(20-22-39(23-21-36)34-12-7-8-13-34)32-16-14-30(15-17-32)31-11-9-10-29(25-31)26-37/h5-6,9-11,14-17,24-25,34H,7-8,12-13,18-23H2,1-4H3,(H,38,40)/b27-5-,28-24-,33-6+. The van der Waals surface area contributed by atoms with Crippen LogP contribution >= 0.6 is 0 Å². The highest BCUT2D eigenvalue weighted by molar-refractivity contribution is 5.78. The van der Waals surface area contributed by atoms with Gasteiger partial charge in [0.05, 0.1) is 11.6 Å². The third-order valence-electron chi connectivity index (χ3n) is 9.27. The zero-order valence-electron chi connectivity index (χ0n) is 24.8. The minimum atomic E-state index is -0.0111. The van der Waals surface area contributed by atoms with E-state index in [1.54, 1.807) is 0 Å². The minimum absolute atomic E-state index is 0.0111. The first-order valence-electron chi connectivity index (χ1n) is 15.0. The summed E-state index contributed by atoms with van der Waals surface area (Å²) in [7, 11) is 0. The average molecular weight is 536 g/mol. The van der Waals surface area contributed by atoms with E-state index < -0.39 is 0 Å². The van der Waals surface area contributed by atoms with Crippen LogP contribution in [0.25, 0.3) is 11.1 Å². The molecule has 210 valence electrons. The Morgan fingerprint density at radius 2 is 1.70 bits per heavy atom. The van der Waals surface area contributed by atoms with Gasteiger partial charge in [-0.05, 0) is 119 Å². The van der Waals surface area contributed by atoms with Gasteiger partial charge in [0.1, 0.15) is 0 Å². The fourth-order valence-electron chi connectivity index (χ4n) is 6.40. The second-order valence-corrected chi connectivity index (χ2v) is 11.6. The van der Waals surface area contributed by atoms with Crippen LogP contribution in [0.5, 0.6) is 0 Å². The molecule has 2 fully saturated rings. The molecule has 1 saturated heterocycles. The molecule has 0 atom stereocenters. The summed E-state index contributed by atoms with van der Waals surface area (Å²) in [5, 5.41) is 12.5. The average Bonchev–Trinajstić information content (AvgIpc) is 3.55. The van der Waals surface area contributed by atoms with Crippen molar-refractivity contribution in [3.05, 3.63) is 94.7 Å². The molecule has 2 aromatic carbocycles. The molecule has 0 radical (unpaired) electrons. The number of piperidine rings is 1. The van der Waals surface area contributed by atoms with Gasteiger partial charge in [-0.25, -0.2) is 0 Å². The number of benzene rings is 2. The summed E-state index contributed by atoms with van der Waals surface area (Å²) in [5.74, 6) is 0.0813. The number of allylic oxidation sites excluding steroid dienone is 5. The van der Waals surface area contributed by atoms with Crippen LogP contribution in [-0.4, -0.2) is 29.9 Å². The van der Waals surface area contributed by atoms with Crippen molar-refractivity contribution < 1.29 is 4.79 Å². The Hall–Kier alpha value is -3.42. The predicted molar refractivity (Wildman–Crippen MR) is 166 cm³/mol. The number of likely N-dealkylation sites (tertiary alicyclic amines) is 1. The van der Waals surface area contributed by atoms with Gasteiger partial charge in [-0.3, -0.25) is 4.79 Å². The quantitative estimate of drug-likeness (QED) is 0.329. The molecule has 1 N–H and O–H groups in total. The summed E-state index contributed by atoms with van der Waals surface area (Å²) in [5.41, 5.74) is 7.41. The highest BCUT2D eigenvalue weighted by Gasteiger charge is 2.38. The number of hydrogen-bond acceptors (Lipinski definition) is 3. The maximum absolute atomic E-state index is 13.2. The van der Waals surface area contributed by atoms with Crippen LogP contribution in [-0.2, 0) is 10.2 Å². The molecule has 1 amide bonds. The number of carbonyl (C=O) groups is 1. The lowest BCUT2D eigenvalue weighted by molar-refractivity contribution is -0.120. The van der Waals surface area contributed by atoms with Crippen molar-refractivity contribution in [1.82, 2.24) is 10.2 Å². The summed E-state index contributed by atoms with van der Waals surface area (Å²) in [6, 6.07) is 19.7. The normalized spacial score (nSPS) is 18.9. The Morgan fingerprint density at radius 1 is 1.00 bits per heavy atom. The molecule has 0 bridgehead atoms. The summed E-state index contributed by atoms with van der Waals surface area (Å²) < 4.78 is 0. The predicted octanol–water partition coefficient (Wildman–Crippen LogP) is 8.21. The molecule has 1 saturated carbocycles. The second-order valence-electron chi connectivity index (χ2n) is 11.6. The van der Waals surface area contributed by atoms with Crippen molar-refractivity contribution in [1.29, 1.82) is 5.26 Å². The number of nitrogens with one attached hydrogen (secondary N) is 1. The monoisotopic (exact) mass is 535 g/mol. The molecule has 1 heterocycles. The number of nitrogens with zero attached hydrogens (tertiary/aromatic N) is 2. The fraction of sp³-hybridized carbons (Fsp3) is 0.444. The summed E-state index contributed by atoms with van der Waals surface area (Å²) in [6.45, 7) is 10.4. The van der Waals surface area contributed by atoms with Gasteiger partial charge in [0.2, 0.25) is 5.91 Å². The molecular weight excluding hydrogens is 490 g/mol. The second kappa shape index (κ2) is 13.8. The van der Waals surface area contributed by atoms with E-state index in [4.69, 9.17) is 0 Å². The molecule has 4 heteroatoms. The third kappa shape index (κ3) is 7.20. The topological polar surface area (TPSA) is 56.1 Å². The Balaban J connectivity index is 1.51. The maximum atomic E-state index is 13.2. The van der Waals surface area contributed by atoms with Crippen LogP contribution in [0.1, 0.15) is 90.2 Å². The van der Waals surface area contributed by atoms with E-state index in [2.05, 4.69) is 72.6 Å². The van der Waals surface area contributed by atoms with E-state index in [0.717, 1.165) is 60.8 Å². The largest absolute Gasteiger partial charge is 0.326 e. The lowest BCUT2D eigenvalue weighted by Gasteiger charge is -2.44. The minimum Gasteiger partial charge on any atom is -0.326 e. The molecule has 4 rings (SSSR count). The van der Waals surface area contributed by atoms with Gasteiger partial charge in [0, 0.05) is 18.2 Å². The van der Waals surface area contributed by atoms with Gasteiger partial charge < -0.3 is 10.2 Å². The Bertz CT molecular complexity index is 1290. The Morgan fingerprint density at radius 3 is 2.33 bits per heavy atom. The van der Waals surface area contributed by atoms with Crippen LogP contribution in [0.2, 0.25) is 0 Å². The zero-order valence-corrected chi connectivity index (χ0v) is 24.8. The highest BCUT2D eigenvalue weighted by Crippen LogP contribution is 2.42. The van der Waals surface area contributed by atoms with Crippen LogP contribution in [0.15, 0.2) is 83.6 Å². The first kappa shape index (κ1) is 29.6. The first-order chi connectivity index (χ1) is 19.4. The highest BCUT2D eigenvalue weighted by atomic mass is 16.1. The smallest absolute Gasteiger partial charge is 0.224 e. The first-order valence-corrected chi connectivity index (χ1v) is 15.0. The third-order valence-corrected chi connectivity index (χ3v) is 9.27. The van der Waals surface area contributed by atoms with Gasteiger partial charge in [0.15, 0.2) is 0 Å². The molecule has 0 aromatic heterocycles. The van der Waals surface area contributed by atoms with Crippen LogP contribution < -0.4 is 5.32 Å². The number of hydrogen-bond donors (Lipinski definition) is 1. The van der Waals surface area contributed by atoms with E-state index in [1.807, 2.05) is 38.1 Å². The van der Waals surface area contributed by atoms with E-state index in [0.29, 0.717) is 12.0 Å². The van der Waals surface area contributed by atoms with E-state index in [1.165, 1.54) is 36.8 Å². The van der Waals surface area contributed by atoms with Gasteiger partial charge >= 0.3 is 0 Å². The molecule has 0 spiro atoms. The summed E-state index contributed by atoms with van der Waals surface area (Å²) in [6.07, 6.45) is 15.0. The molecular formula is C36H45N3O. The van der Waals surface area contributed by atoms with E-state index in [9.17, 15) is 10.1 Å². The van der Waals surface area contributed by atoms with E-state index >= 15 is 0 Å². The van der Waals surface area contributed by atoms with Gasteiger partial charge in [-0.2, -0.15) is 5.26 Å². The summed E-state index contributed by atoms with van der Waals surface area (Å²) in [4.78, 5) is 15.9. The number of rotatable bonds is 9. The SMILES string of the molecule is C\C=C(C)/C(C)=C\C(=C/C)NC(=O)CCC1(c2ccc(-c3cccc(C#N)c3)cc2)CCN(C2CCCC2)CC1. The molecule has 2 aliphatic rings. The van der Waals surface area contributed by atoms with Crippen molar-refractivity contribution >= 4 is 5.91 Å². The lowest BCUT2D eigenvalue weighted by Crippen LogP contribution is -2.46. The van der Waals surface area contributed by atoms with Crippen molar-refractivity contribution in [2.24, 2.45) is 0 Å². The zero-order chi connectivity index (χ0) is 28.5.